The Morgan fingerprint density at radius 1 is 0.962 bits per heavy atom. The van der Waals surface area contributed by atoms with Crippen LogP contribution >= 0.6 is 11.8 Å². The van der Waals surface area contributed by atoms with Gasteiger partial charge in [0.1, 0.15) is 0 Å². The standard InChI is InChI=1S/C21H21N3OS/c25-20-19(26-21(23-20)22-17-7-3-1-4-8-17)15-16-9-11-18(12-10-16)24-13-5-2-6-14-24/h1,3-4,7-12,15H,2,5-6,13-14H2,(H,22,23,25)/b19-15-. The van der Waals surface area contributed by atoms with E-state index in [0.29, 0.717) is 10.1 Å². The average Bonchev–Trinajstić information content (AvgIpc) is 3.03. The molecule has 132 valence electrons. The molecule has 0 aliphatic carbocycles. The summed E-state index contributed by atoms with van der Waals surface area (Å²) in [6.07, 6.45) is 5.80. The van der Waals surface area contributed by atoms with Crippen LogP contribution in [0.5, 0.6) is 0 Å². The Morgan fingerprint density at radius 2 is 1.69 bits per heavy atom. The molecule has 2 saturated heterocycles. The van der Waals surface area contributed by atoms with E-state index in [-0.39, 0.29) is 5.91 Å². The number of benzene rings is 2. The van der Waals surface area contributed by atoms with Crippen molar-refractivity contribution in [2.24, 2.45) is 4.99 Å². The minimum absolute atomic E-state index is 0.0928. The van der Waals surface area contributed by atoms with Gasteiger partial charge in [-0.3, -0.25) is 4.79 Å². The van der Waals surface area contributed by atoms with E-state index in [1.54, 1.807) is 0 Å². The van der Waals surface area contributed by atoms with Gasteiger partial charge in [-0.25, -0.2) is 4.99 Å². The summed E-state index contributed by atoms with van der Waals surface area (Å²) < 4.78 is 0. The maximum Gasteiger partial charge on any atom is 0.264 e. The van der Waals surface area contributed by atoms with E-state index in [4.69, 9.17) is 0 Å². The molecule has 2 heterocycles. The first-order valence-corrected chi connectivity index (χ1v) is 9.79. The quantitative estimate of drug-likeness (QED) is 0.813. The third-order valence-electron chi connectivity index (χ3n) is 4.55. The molecule has 2 aromatic carbocycles. The number of rotatable bonds is 3. The molecule has 26 heavy (non-hydrogen) atoms. The highest BCUT2D eigenvalue weighted by molar-refractivity contribution is 8.18. The molecule has 2 aromatic rings. The van der Waals surface area contributed by atoms with Gasteiger partial charge in [-0.2, -0.15) is 0 Å². The minimum atomic E-state index is -0.0928. The van der Waals surface area contributed by atoms with Gasteiger partial charge in [0.2, 0.25) is 0 Å². The van der Waals surface area contributed by atoms with Crippen molar-refractivity contribution in [3.63, 3.8) is 0 Å². The van der Waals surface area contributed by atoms with Gasteiger partial charge in [0.25, 0.3) is 5.91 Å². The Hall–Kier alpha value is -2.53. The van der Waals surface area contributed by atoms with E-state index >= 15 is 0 Å². The SMILES string of the molecule is O=C1NC(=Nc2ccccc2)S/C1=C\c1ccc(N2CCCCC2)cc1. The molecule has 0 atom stereocenters. The lowest BCUT2D eigenvalue weighted by Crippen LogP contribution is -2.29. The Balaban J connectivity index is 1.47. The minimum Gasteiger partial charge on any atom is -0.372 e. The molecule has 4 nitrogen and oxygen atoms in total. The van der Waals surface area contributed by atoms with Crippen molar-refractivity contribution < 1.29 is 4.79 Å². The molecule has 2 fully saturated rings. The molecule has 2 aliphatic heterocycles. The summed E-state index contributed by atoms with van der Waals surface area (Å²) in [4.78, 5) is 19.8. The Labute approximate surface area is 158 Å². The lowest BCUT2D eigenvalue weighted by Gasteiger charge is -2.28. The summed E-state index contributed by atoms with van der Waals surface area (Å²) in [5.41, 5.74) is 3.13. The van der Waals surface area contributed by atoms with Gasteiger partial charge in [-0.15, -0.1) is 0 Å². The van der Waals surface area contributed by atoms with Gasteiger partial charge in [-0.1, -0.05) is 30.3 Å². The second-order valence-corrected chi connectivity index (χ2v) is 7.49. The number of nitrogens with zero attached hydrogens (tertiary/aromatic N) is 2. The van der Waals surface area contributed by atoms with Crippen LogP contribution in [0.15, 0.2) is 64.5 Å². The van der Waals surface area contributed by atoms with E-state index in [1.807, 2.05) is 36.4 Å². The van der Waals surface area contributed by atoms with Crippen LogP contribution in [-0.2, 0) is 4.79 Å². The van der Waals surface area contributed by atoms with Crippen LogP contribution in [0.1, 0.15) is 24.8 Å². The Kier molecular flexibility index (Phi) is 5.07. The Bertz CT molecular complexity index is 837. The van der Waals surface area contributed by atoms with E-state index in [1.165, 1.54) is 36.7 Å². The molecule has 2 aliphatic rings. The number of hydrogen-bond acceptors (Lipinski definition) is 4. The second-order valence-electron chi connectivity index (χ2n) is 6.46. The van der Waals surface area contributed by atoms with Gasteiger partial charge < -0.3 is 10.2 Å². The van der Waals surface area contributed by atoms with Crippen molar-refractivity contribution in [1.82, 2.24) is 5.32 Å². The van der Waals surface area contributed by atoms with Crippen LogP contribution in [0.4, 0.5) is 11.4 Å². The van der Waals surface area contributed by atoms with Crippen LogP contribution in [-0.4, -0.2) is 24.2 Å². The number of nitrogens with one attached hydrogen (secondary N) is 1. The number of para-hydroxylation sites is 1. The Morgan fingerprint density at radius 3 is 2.42 bits per heavy atom. The summed E-state index contributed by atoms with van der Waals surface area (Å²) in [5.74, 6) is -0.0928. The molecule has 1 amide bonds. The highest BCUT2D eigenvalue weighted by Crippen LogP contribution is 2.28. The zero-order valence-corrected chi connectivity index (χ0v) is 15.3. The van der Waals surface area contributed by atoms with E-state index in [0.717, 1.165) is 24.3 Å². The fourth-order valence-electron chi connectivity index (χ4n) is 3.19. The topological polar surface area (TPSA) is 44.7 Å². The van der Waals surface area contributed by atoms with Gasteiger partial charge in [-0.05, 0) is 66.9 Å². The fraction of sp³-hybridized carbons (Fsp3) is 0.238. The monoisotopic (exact) mass is 363 g/mol. The number of thioether (sulfide) groups is 1. The lowest BCUT2D eigenvalue weighted by molar-refractivity contribution is -0.115. The number of hydrogen-bond donors (Lipinski definition) is 1. The van der Waals surface area contributed by atoms with Gasteiger partial charge in [0.15, 0.2) is 5.17 Å². The van der Waals surface area contributed by atoms with Crippen LogP contribution in [0, 0.1) is 0 Å². The summed E-state index contributed by atoms with van der Waals surface area (Å²) in [5, 5.41) is 3.46. The van der Waals surface area contributed by atoms with E-state index in [9.17, 15) is 4.79 Å². The number of amides is 1. The van der Waals surface area contributed by atoms with Gasteiger partial charge >= 0.3 is 0 Å². The number of carbonyl (C=O) groups excluding carboxylic acids is 1. The second kappa shape index (κ2) is 7.79. The van der Waals surface area contributed by atoms with Crippen LogP contribution in [0.3, 0.4) is 0 Å². The molecule has 0 bridgehead atoms. The van der Waals surface area contributed by atoms with E-state index in [2.05, 4.69) is 39.5 Å². The van der Waals surface area contributed by atoms with Gasteiger partial charge in [0.05, 0.1) is 10.6 Å². The van der Waals surface area contributed by atoms with Crippen LogP contribution in [0.2, 0.25) is 0 Å². The zero-order valence-electron chi connectivity index (χ0n) is 14.5. The van der Waals surface area contributed by atoms with Crippen LogP contribution in [0.25, 0.3) is 6.08 Å². The van der Waals surface area contributed by atoms with Crippen molar-refractivity contribution >= 4 is 40.3 Å². The largest absolute Gasteiger partial charge is 0.372 e. The highest BCUT2D eigenvalue weighted by atomic mass is 32.2. The molecular weight excluding hydrogens is 342 g/mol. The highest BCUT2D eigenvalue weighted by Gasteiger charge is 2.23. The average molecular weight is 363 g/mol. The predicted molar refractivity (Wildman–Crippen MR) is 110 cm³/mol. The first-order valence-electron chi connectivity index (χ1n) is 8.98. The maximum absolute atomic E-state index is 12.2. The zero-order chi connectivity index (χ0) is 17.8. The lowest BCUT2D eigenvalue weighted by atomic mass is 10.1. The summed E-state index contributed by atoms with van der Waals surface area (Å²) in [6.45, 7) is 2.27. The predicted octanol–water partition coefficient (Wildman–Crippen LogP) is 4.57. The first-order chi connectivity index (χ1) is 12.8. The molecular formula is C21H21N3OS. The van der Waals surface area contributed by atoms with Crippen molar-refractivity contribution in [3.05, 3.63) is 65.1 Å². The summed E-state index contributed by atoms with van der Waals surface area (Å²) in [7, 11) is 0. The van der Waals surface area contributed by atoms with E-state index < -0.39 is 0 Å². The number of piperidine rings is 1. The molecule has 0 unspecified atom stereocenters. The summed E-state index contributed by atoms with van der Waals surface area (Å²) >= 11 is 1.38. The number of amidine groups is 1. The molecule has 0 saturated carbocycles. The van der Waals surface area contributed by atoms with Crippen LogP contribution < -0.4 is 10.2 Å². The third kappa shape index (κ3) is 3.99. The number of carbonyl (C=O) groups is 1. The van der Waals surface area contributed by atoms with Crippen molar-refractivity contribution in [2.45, 2.75) is 19.3 Å². The molecule has 5 heteroatoms. The molecule has 1 N–H and O–H groups in total. The number of aliphatic imine (C=N–C) groups is 1. The van der Waals surface area contributed by atoms with Crippen molar-refractivity contribution in [2.75, 3.05) is 18.0 Å². The van der Waals surface area contributed by atoms with Gasteiger partial charge in [0, 0.05) is 18.8 Å². The molecule has 0 spiro atoms. The molecule has 4 rings (SSSR count). The summed E-state index contributed by atoms with van der Waals surface area (Å²) in [6, 6.07) is 18.1. The first kappa shape index (κ1) is 16.9. The third-order valence-corrected chi connectivity index (χ3v) is 5.46. The molecule has 0 radical (unpaired) electrons. The number of anilines is 1. The fourth-order valence-corrected chi connectivity index (χ4v) is 4.03. The maximum atomic E-state index is 12.2. The smallest absolute Gasteiger partial charge is 0.264 e. The van der Waals surface area contributed by atoms with Crippen molar-refractivity contribution in [1.29, 1.82) is 0 Å². The normalized spacial score (nSPS) is 20.6. The van der Waals surface area contributed by atoms with Crippen molar-refractivity contribution in [3.8, 4) is 0 Å². The molecule has 0 aromatic heterocycles.